The molecule has 6 nitrogen and oxygen atoms in total. The van der Waals surface area contributed by atoms with E-state index in [1.807, 2.05) is 20.0 Å². The van der Waals surface area contributed by atoms with Gasteiger partial charge in [-0.25, -0.2) is 4.79 Å². The average Bonchev–Trinajstić information content (AvgIpc) is 2.94. The molecule has 0 spiro atoms. The standard InChI is InChI=1S/C14H24N4O2/c1-9(2)13-11(5-6-20-13)8-15-14(19)16-12-7-10(3)18(4)17-12/h7,9,11,13H,5-6,8H2,1-4H3,(H2,15,16,17,19)/t11-,13-/m1/s1. The average molecular weight is 280 g/mol. The van der Waals surface area contributed by atoms with Gasteiger partial charge in [0.1, 0.15) is 0 Å². The molecule has 0 radical (unpaired) electrons. The van der Waals surface area contributed by atoms with Crippen molar-refractivity contribution in [2.75, 3.05) is 18.5 Å². The number of urea groups is 1. The van der Waals surface area contributed by atoms with Crippen LogP contribution in [0.3, 0.4) is 0 Å². The maximum Gasteiger partial charge on any atom is 0.320 e. The molecule has 2 amide bonds. The molecule has 20 heavy (non-hydrogen) atoms. The lowest BCUT2D eigenvalue weighted by Crippen LogP contribution is -2.37. The fourth-order valence-corrected chi connectivity index (χ4v) is 2.62. The lowest BCUT2D eigenvalue weighted by atomic mass is 9.93. The van der Waals surface area contributed by atoms with Crippen LogP contribution in [0.25, 0.3) is 0 Å². The molecule has 0 unspecified atom stereocenters. The predicted molar refractivity (Wildman–Crippen MR) is 77.7 cm³/mol. The summed E-state index contributed by atoms with van der Waals surface area (Å²) >= 11 is 0. The number of carbonyl (C=O) groups excluding carboxylic acids is 1. The summed E-state index contributed by atoms with van der Waals surface area (Å²) in [4.78, 5) is 11.9. The highest BCUT2D eigenvalue weighted by Gasteiger charge is 2.30. The van der Waals surface area contributed by atoms with Crippen molar-refractivity contribution in [2.45, 2.75) is 33.3 Å². The SMILES string of the molecule is Cc1cc(NC(=O)NC[C@H]2CCO[C@@H]2C(C)C)nn1C. The van der Waals surface area contributed by atoms with Crippen LogP contribution in [0.1, 0.15) is 26.0 Å². The van der Waals surface area contributed by atoms with E-state index in [0.717, 1.165) is 18.7 Å². The Labute approximate surface area is 119 Å². The monoisotopic (exact) mass is 280 g/mol. The fourth-order valence-electron chi connectivity index (χ4n) is 2.62. The van der Waals surface area contributed by atoms with Crippen molar-refractivity contribution in [1.29, 1.82) is 0 Å². The number of aryl methyl sites for hydroxylation is 2. The summed E-state index contributed by atoms with van der Waals surface area (Å²) in [5.74, 6) is 1.45. The van der Waals surface area contributed by atoms with Crippen LogP contribution in [-0.2, 0) is 11.8 Å². The Morgan fingerprint density at radius 1 is 1.60 bits per heavy atom. The minimum Gasteiger partial charge on any atom is -0.378 e. The van der Waals surface area contributed by atoms with E-state index in [1.54, 1.807) is 4.68 Å². The van der Waals surface area contributed by atoms with Gasteiger partial charge in [0.2, 0.25) is 0 Å². The van der Waals surface area contributed by atoms with Crippen LogP contribution in [0, 0.1) is 18.8 Å². The number of nitrogens with zero attached hydrogens (tertiary/aromatic N) is 2. The summed E-state index contributed by atoms with van der Waals surface area (Å²) in [5, 5.41) is 9.85. The fraction of sp³-hybridized carbons (Fsp3) is 0.714. The van der Waals surface area contributed by atoms with Gasteiger partial charge < -0.3 is 10.1 Å². The molecule has 1 saturated heterocycles. The van der Waals surface area contributed by atoms with Crippen LogP contribution < -0.4 is 10.6 Å². The molecule has 1 aromatic rings. The first-order valence-electron chi connectivity index (χ1n) is 7.14. The van der Waals surface area contributed by atoms with Crippen molar-refractivity contribution in [3.63, 3.8) is 0 Å². The van der Waals surface area contributed by atoms with E-state index in [4.69, 9.17) is 4.74 Å². The Kier molecular flexibility index (Phi) is 4.65. The van der Waals surface area contributed by atoms with Crippen LogP contribution in [-0.4, -0.2) is 35.1 Å². The molecule has 0 bridgehead atoms. The van der Waals surface area contributed by atoms with Gasteiger partial charge in [0.15, 0.2) is 5.82 Å². The molecule has 2 rings (SSSR count). The van der Waals surface area contributed by atoms with Gasteiger partial charge in [0, 0.05) is 37.9 Å². The first kappa shape index (κ1) is 14.8. The molecule has 2 N–H and O–H groups in total. The van der Waals surface area contributed by atoms with E-state index in [-0.39, 0.29) is 12.1 Å². The molecule has 1 fully saturated rings. The van der Waals surface area contributed by atoms with E-state index >= 15 is 0 Å². The molecule has 1 aliphatic rings. The molecule has 1 aliphatic heterocycles. The maximum atomic E-state index is 11.9. The summed E-state index contributed by atoms with van der Waals surface area (Å²) in [6.07, 6.45) is 1.25. The number of amides is 2. The quantitative estimate of drug-likeness (QED) is 0.885. The molecule has 2 atom stereocenters. The van der Waals surface area contributed by atoms with Gasteiger partial charge in [-0.1, -0.05) is 13.8 Å². The van der Waals surface area contributed by atoms with E-state index in [9.17, 15) is 4.79 Å². The number of hydrogen-bond donors (Lipinski definition) is 2. The van der Waals surface area contributed by atoms with Gasteiger partial charge >= 0.3 is 6.03 Å². The minimum absolute atomic E-state index is 0.211. The second-order valence-electron chi connectivity index (χ2n) is 5.76. The summed E-state index contributed by atoms with van der Waals surface area (Å²) in [6.45, 7) is 7.68. The van der Waals surface area contributed by atoms with Crippen molar-refractivity contribution in [2.24, 2.45) is 18.9 Å². The first-order chi connectivity index (χ1) is 9.47. The Bertz CT molecular complexity index is 450. The largest absolute Gasteiger partial charge is 0.378 e. The highest BCUT2D eigenvalue weighted by molar-refractivity contribution is 5.88. The topological polar surface area (TPSA) is 68.2 Å². The molecule has 0 aromatic carbocycles. The third-order valence-corrected chi connectivity index (χ3v) is 3.80. The van der Waals surface area contributed by atoms with Gasteiger partial charge in [0.25, 0.3) is 0 Å². The zero-order valence-electron chi connectivity index (χ0n) is 12.6. The summed E-state index contributed by atoms with van der Waals surface area (Å²) in [6, 6.07) is 1.63. The molecular weight excluding hydrogens is 256 g/mol. The molecule has 112 valence electrons. The van der Waals surface area contributed by atoms with E-state index in [0.29, 0.717) is 24.2 Å². The number of hydrogen-bond acceptors (Lipinski definition) is 3. The molecule has 1 aromatic heterocycles. The first-order valence-corrected chi connectivity index (χ1v) is 7.14. The van der Waals surface area contributed by atoms with E-state index in [1.165, 1.54) is 0 Å². The molecule has 6 heteroatoms. The highest BCUT2D eigenvalue weighted by Crippen LogP contribution is 2.26. The van der Waals surface area contributed by atoms with E-state index < -0.39 is 0 Å². The summed E-state index contributed by atoms with van der Waals surface area (Å²) in [5.41, 5.74) is 1.00. The lowest BCUT2D eigenvalue weighted by Gasteiger charge is -2.22. The predicted octanol–water partition coefficient (Wildman–Crippen LogP) is 1.91. The number of nitrogens with one attached hydrogen (secondary N) is 2. The Morgan fingerprint density at radius 2 is 2.35 bits per heavy atom. The van der Waals surface area contributed by atoms with Crippen molar-refractivity contribution >= 4 is 11.8 Å². The summed E-state index contributed by atoms with van der Waals surface area (Å²) < 4.78 is 7.44. The van der Waals surface area contributed by atoms with Crippen molar-refractivity contribution in [3.8, 4) is 0 Å². The molecule has 2 heterocycles. The molecule has 0 aliphatic carbocycles. The van der Waals surface area contributed by atoms with Crippen LogP contribution in [0.2, 0.25) is 0 Å². The van der Waals surface area contributed by atoms with Gasteiger partial charge in [-0.15, -0.1) is 0 Å². The third-order valence-electron chi connectivity index (χ3n) is 3.80. The Morgan fingerprint density at radius 3 is 2.95 bits per heavy atom. The number of rotatable bonds is 4. The normalized spacial score (nSPS) is 22.2. The number of carbonyl (C=O) groups is 1. The smallest absolute Gasteiger partial charge is 0.320 e. The lowest BCUT2D eigenvalue weighted by molar-refractivity contribution is 0.0546. The summed E-state index contributed by atoms with van der Waals surface area (Å²) in [7, 11) is 1.85. The van der Waals surface area contributed by atoms with Gasteiger partial charge in [-0.05, 0) is 19.3 Å². The van der Waals surface area contributed by atoms with Gasteiger partial charge in [-0.2, -0.15) is 5.10 Å². The van der Waals surface area contributed by atoms with Crippen LogP contribution >= 0.6 is 0 Å². The molecular formula is C14H24N4O2. The van der Waals surface area contributed by atoms with Gasteiger partial charge in [-0.3, -0.25) is 10.00 Å². The van der Waals surface area contributed by atoms with Crippen LogP contribution in [0.4, 0.5) is 10.6 Å². The van der Waals surface area contributed by atoms with Crippen molar-refractivity contribution < 1.29 is 9.53 Å². The zero-order chi connectivity index (χ0) is 14.7. The van der Waals surface area contributed by atoms with Crippen molar-refractivity contribution in [1.82, 2.24) is 15.1 Å². The van der Waals surface area contributed by atoms with Gasteiger partial charge in [0.05, 0.1) is 6.10 Å². The number of ether oxygens (including phenoxy) is 1. The zero-order valence-corrected chi connectivity index (χ0v) is 12.6. The van der Waals surface area contributed by atoms with Crippen LogP contribution in [0.5, 0.6) is 0 Å². The number of aromatic nitrogens is 2. The molecule has 0 saturated carbocycles. The third kappa shape index (κ3) is 3.50. The highest BCUT2D eigenvalue weighted by atomic mass is 16.5. The Balaban J connectivity index is 1.80. The second kappa shape index (κ2) is 6.26. The number of anilines is 1. The van der Waals surface area contributed by atoms with Crippen LogP contribution in [0.15, 0.2) is 6.07 Å². The Hall–Kier alpha value is -1.56. The van der Waals surface area contributed by atoms with E-state index in [2.05, 4.69) is 29.6 Å². The maximum absolute atomic E-state index is 11.9. The van der Waals surface area contributed by atoms with Crippen molar-refractivity contribution in [3.05, 3.63) is 11.8 Å². The second-order valence-corrected chi connectivity index (χ2v) is 5.76. The minimum atomic E-state index is -0.211.